The Bertz CT molecular complexity index is 1250. The number of anilines is 1. The quantitative estimate of drug-likeness (QED) is 0.653. The number of pyridine rings is 1. The Balaban J connectivity index is 1.54. The average molecular weight is 366 g/mol. The zero-order chi connectivity index (χ0) is 19.0. The highest BCUT2D eigenvalue weighted by Crippen LogP contribution is 2.58. The second-order valence-corrected chi connectivity index (χ2v) is 8.09. The van der Waals surface area contributed by atoms with Gasteiger partial charge in [0.2, 0.25) is 5.91 Å². The monoisotopic (exact) mass is 366 g/mol. The fraction of sp³-hybridized carbons (Fsp3) is 0.208. The van der Waals surface area contributed by atoms with Crippen LogP contribution < -0.4 is 4.90 Å². The van der Waals surface area contributed by atoms with Crippen LogP contribution >= 0.6 is 0 Å². The molecule has 2 aliphatic carbocycles. The number of hydrogen-bond acceptors (Lipinski definition) is 3. The first-order chi connectivity index (χ1) is 13.6. The predicted octanol–water partition coefficient (Wildman–Crippen LogP) is 4.05. The summed E-state index contributed by atoms with van der Waals surface area (Å²) in [5, 5.41) is 1.08. The minimum atomic E-state index is -0.331. The molecule has 3 aliphatic rings. The molecule has 28 heavy (non-hydrogen) atoms. The van der Waals surface area contributed by atoms with E-state index < -0.39 is 0 Å². The Kier molecular flexibility index (Phi) is 2.91. The van der Waals surface area contributed by atoms with Crippen LogP contribution in [0.25, 0.3) is 28.1 Å². The summed E-state index contributed by atoms with van der Waals surface area (Å²) < 4.78 is 0. The van der Waals surface area contributed by atoms with Crippen molar-refractivity contribution in [3.05, 3.63) is 65.4 Å². The molecule has 0 unspecified atom stereocenters. The number of carbonyl (C=O) groups excluding carboxylic acids is 2. The molecule has 136 valence electrons. The topological polar surface area (TPSA) is 50.3 Å². The molecule has 0 bridgehead atoms. The molecule has 2 heterocycles. The summed E-state index contributed by atoms with van der Waals surface area (Å²) in [7, 11) is 1.85. The van der Waals surface area contributed by atoms with Gasteiger partial charge < -0.3 is 4.90 Å². The number of allylic oxidation sites excluding steroid dienone is 1. The molecule has 2 aromatic carbocycles. The van der Waals surface area contributed by atoms with Gasteiger partial charge in [-0.15, -0.1) is 0 Å². The smallest absolute Gasteiger partial charge is 0.237 e. The van der Waals surface area contributed by atoms with E-state index in [-0.39, 0.29) is 17.1 Å². The number of likely N-dealkylation sites (N-methyl/N-ethyl adjacent to an activating group) is 1. The van der Waals surface area contributed by atoms with E-state index in [2.05, 4.69) is 29.2 Å². The van der Waals surface area contributed by atoms with Crippen LogP contribution in [0.15, 0.2) is 48.7 Å². The molecule has 1 saturated carbocycles. The number of benzene rings is 2. The first-order valence-corrected chi connectivity index (χ1v) is 9.62. The molecule has 0 saturated heterocycles. The average Bonchev–Trinajstić information content (AvgIpc) is 3.49. The van der Waals surface area contributed by atoms with Crippen molar-refractivity contribution in [1.29, 1.82) is 0 Å². The minimum Gasteiger partial charge on any atom is -0.313 e. The lowest BCUT2D eigenvalue weighted by Gasteiger charge is -2.13. The maximum Gasteiger partial charge on any atom is 0.237 e. The van der Waals surface area contributed by atoms with Crippen molar-refractivity contribution in [3.8, 4) is 11.1 Å². The second-order valence-electron chi connectivity index (χ2n) is 8.09. The number of amides is 1. The van der Waals surface area contributed by atoms with Crippen LogP contribution in [0.1, 0.15) is 29.5 Å². The van der Waals surface area contributed by atoms with Crippen LogP contribution in [0.4, 0.5) is 5.69 Å². The lowest BCUT2D eigenvalue weighted by atomic mass is 9.90. The normalized spacial score (nSPS) is 18.7. The molecule has 4 heteroatoms. The summed E-state index contributed by atoms with van der Waals surface area (Å²) in [6.45, 7) is 0. The molecule has 1 amide bonds. The van der Waals surface area contributed by atoms with Gasteiger partial charge in [0, 0.05) is 24.4 Å². The molecule has 1 spiro atoms. The van der Waals surface area contributed by atoms with Crippen LogP contribution in [0.3, 0.4) is 0 Å². The molecule has 1 aliphatic heterocycles. The van der Waals surface area contributed by atoms with Gasteiger partial charge in [-0.05, 0) is 59.4 Å². The highest BCUT2D eigenvalue weighted by molar-refractivity contribution is 6.14. The number of carbonyl (C=O) groups is 2. The highest BCUT2D eigenvalue weighted by Gasteiger charge is 2.59. The van der Waals surface area contributed by atoms with E-state index >= 15 is 0 Å². The van der Waals surface area contributed by atoms with Crippen LogP contribution in [-0.4, -0.2) is 23.7 Å². The minimum absolute atomic E-state index is 0.149. The summed E-state index contributed by atoms with van der Waals surface area (Å²) in [5.41, 5.74) is 7.08. The number of rotatable bonds is 1. The summed E-state index contributed by atoms with van der Waals surface area (Å²) in [6, 6.07) is 12.6. The van der Waals surface area contributed by atoms with E-state index in [0.29, 0.717) is 6.42 Å². The van der Waals surface area contributed by atoms with Crippen molar-refractivity contribution in [2.24, 2.45) is 0 Å². The highest BCUT2D eigenvalue weighted by atomic mass is 16.2. The van der Waals surface area contributed by atoms with Crippen LogP contribution in [-0.2, 0) is 21.4 Å². The lowest BCUT2D eigenvalue weighted by molar-refractivity contribution is -0.120. The van der Waals surface area contributed by atoms with Crippen molar-refractivity contribution in [1.82, 2.24) is 4.98 Å². The van der Waals surface area contributed by atoms with E-state index in [1.807, 2.05) is 31.5 Å². The number of aromatic nitrogens is 1. The number of ketones is 1. The summed E-state index contributed by atoms with van der Waals surface area (Å²) in [4.78, 5) is 30.8. The Morgan fingerprint density at radius 3 is 2.61 bits per heavy atom. The summed E-state index contributed by atoms with van der Waals surface area (Å²) in [6.07, 6.45) is 7.70. The molecular formula is C24H18N2O2. The predicted molar refractivity (Wildman–Crippen MR) is 109 cm³/mol. The van der Waals surface area contributed by atoms with Crippen molar-refractivity contribution < 1.29 is 9.59 Å². The fourth-order valence-electron chi connectivity index (χ4n) is 4.77. The van der Waals surface area contributed by atoms with Gasteiger partial charge in [-0.25, -0.2) is 0 Å². The van der Waals surface area contributed by atoms with Gasteiger partial charge in [-0.1, -0.05) is 24.3 Å². The molecule has 1 aromatic heterocycles. The van der Waals surface area contributed by atoms with Crippen molar-refractivity contribution >= 4 is 34.4 Å². The van der Waals surface area contributed by atoms with Gasteiger partial charge in [-0.2, -0.15) is 0 Å². The maximum absolute atomic E-state index is 12.8. The van der Waals surface area contributed by atoms with E-state index in [4.69, 9.17) is 0 Å². The third-order valence-electron chi connectivity index (χ3n) is 6.44. The molecule has 0 N–H and O–H groups in total. The van der Waals surface area contributed by atoms with Crippen LogP contribution in [0, 0.1) is 0 Å². The van der Waals surface area contributed by atoms with Crippen molar-refractivity contribution in [3.63, 3.8) is 0 Å². The largest absolute Gasteiger partial charge is 0.313 e. The molecular weight excluding hydrogens is 348 g/mol. The first kappa shape index (κ1) is 15.8. The molecule has 0 radical (unpaired) electrons. The van der Waals surface area contributed by atoms with Gasteiger partial charge in [0.15, 0.2) is 5.78 Å². The van der Waals surface area contributed by atoms with E-state index in [0.717, 1.165) is 57.2 Å². The van der Waals surface area contributed by atoms with Gasteiger partial charge in [0.25, 0.3) is 0 Å². The van der Waals surface area contributed by atoms with Crippen LogP contribution in [0.2, 0.25) is 0 Å². The Labute approximate surface area is 162 Å². The van der Waals surface area contributed by atoms with E-state index in [1.54, 1.807) is 11.0 Å². The first-order valence-electron chi connectivity index (χ1n) is 9.62. The van der Waals surface area contributed by atoms with Gasteiger partial charge in [-0.3, -0.25) is 14.6 Å². The third kappa shape index (κ3) is 1.97. The zero-order valence-corrected chi connectivity index (χ0v) is 15.5. The standard InChI is InChI=1S/C24H18N2O2/c1-26-21-13-25-20-7-5-17(12-19(20)22(21)24(8-9-24)23(26)28)14-2-3-16-11-18(27)6-4-15(16)10-14/h2-7,10,12-13H,8-9,11H2,1H3. The number of hydrogen-bond donors (Lipinski definition) is 0. The summed E-state index contributed by atoms with van der Waals surface area (Å²) in [5.74, 6) is 0.349. The third-order valence-corrected chi connectivity index (χ3v) is 6.44. The zero-order valence-electron chi connectivity index (χ0n) is 15.5. The molecule has 1 fully saturated rings. The van der Waals surface area contributed by atoms with Gasteiger partial charge in [0.1, 0.15) is 0 Å². The molecule has 0 atom stereocenters. The molecule has 3 aromatic rings. The van der Waals surface area contributed by atoms with Gasteiger partial charge >= 0.3 is 0 Å². The van der Waals surface area contributed by atoms with Gasteiger partial charge in [0.05, 0.1) is 22.8 Å². The fourth-order valence-corrected chi connectivity index (χ4v) is 4.77. The lowest BCUT2D eigenvalue weighted by Crippen LogP contribution is -2.28. The second kappa shape index (κ2) is 5.16. The van der Waals surface area contributed by atoms with Crippen molar-refractivity contribution in [2.45, 2.75) is 24.7 Å². The Morgan fingerprint density at radius 2 is 1.79 bits per heavy atom. The van der Waals surface area contributed by atoms with E-state index in [9.17, 15) is 9.59 Å². The maximum atomic E-state index is 12.8. The van der Waals surface area contributed by atoms with E-state index in [1.165, 1.54) is 0 Å². The van der Waals surface area contributed by atoms with Crippen molar-refractivity contribution in [2.75, 3.05) is 11.9 Å². The number of fused-ring (bicyclic) bond motifs is 5. The summed E-state index contributed by atoms with van der Waals surface area (Å²) >= 11 is 0. The molecule has 6 rings (SSSR count). The Morgan fingerprint density at radius 1 is 1.00 bits per heavy atom. The van der Waals surface area contributed by atoms with Crippen LogP contribution in [0.5, 0.6) is 0 Å². The Hall–Kier alpha value is -3.27. The SMILES string of the molecule is CN1C(=O)C2(CC2)c2c1cnc1ccc(-c3ccc4c(c3)C=CC(=O)C4)cc21. The number of nitrogens with zero attached hydrogens (tertiary/aromatic N) is 2. The molecule has 4 nitrogen and oxygen atoms in total.